The second-order valence-corrected chi connectivity index (χ2v) is 5.13. The van der Waals surface area contributed by atoms with Crippen molar-refractivity contribution in [2.75, 3.05) is 14.2 Å². The molecule has 0 fully saturated rings. The normalized spacial score (nSPS) is 10.7. The Labute approximate surface area is 132 Å². The molecule has 0 aliphatic carbocycles. The standard InChI is InChI=1S/C18H16O5/c1-10-5-4-6-12-16(19)15(18(20)23-17(10)12)11-7-8-13(21-2)14(9-11)22-3/h4-9,19H,1-3H3. The molecule has 23 heavy (non-hydrogen) atoms. The summed E-state index contributed by atoms with van der Waals surface area (Å²) in [7, 11) is 3.04. The first-order chi connectivity index (χ1) is 11.1. The molecule has 1 N–H and O–H groups in total. The Bertz CT molecular complexity index is 940. The maximum atomic E-state index is 12.4. The van der Waals surface area contributed by atoms with E-state index in [2.05, 4.69) is 0 Å². The molecule has 1 heterocycles. The highest BCUT2D eigenvalue weighted by atomic mass is 16.5. The molecule has 3 rings (SSSR count). The Kier molecular flexibility index (Phi) is 3.70. The van der Waals surface area contributed by atoms with E-state index in [1.54, 1.807) is 30.3 Å². The van der Waals surface area contributed by atoms with Gasteiger partial charge in [0.15, 0.2) is 11.5 Å². The minimum Gasteiger partial charge on any atom is -0.506 e. The summed E-state index contributed by atoms with van der Waals surface area (Å²) in [5, 5.41) is 11.1. The monoisotopic (exact) mass is 312 g/mol. The Balaban J connectivity index is 2.31. The third-order valence-electron chi connectivity index (χ3n) is 3.77. The summed E-state index contributed by atoms with van der Waals surface area (Å²) < 4.78 is 15.8. The van der Waals surface area contributed by atoms with Gasteiger partial charge in [-0.2, -0.15) is 0 Å². The van der Waals surface area contributed by atoms with E-state index >= 15 is 0 Å². The predicted octanol–water partition coefficient (Wildman–Crippen LogP) is 3.49. The van der Waals surface area contributed by atoms with E-state index in [1.165, 1.54) is 14.2 Å². The van der Waals surface area contributed by atoms with Gasteiger partial charge < -0.3 is 19.0 Å². The number of fused-ring (bicyclic) bond motifs is 1. The van der Waals surface area contributed by atoms with Gasteiger partial charge in [0.25, 0.3) is 0 Å². The van der Waals surface area contributed by atoms with Gasteiger partial charge in [0.05, 0.1) is 19.6 Å². The van der Waals surface area contributed by atoms with Gasteiger partial charge >= 0.3 is 5.63 Å². The number of aromatic hydroxyl groups is 1. The van der Waals surface area contributed by atoms with Crippen LogP contribution in [0.4, 0.5) is 0 Å². The summed E-state index contributed by atoms with van der Waals surface area (Å²) in [6, 6.07) is 10.3. The van der Waals surface area contributed by atoms with Crippen LogP contribution in [-0.2, 0) is 0 Å². The van der Waals surface area contributed by atoms with E-state index in [9.17, 15) is 9.90 Å². The molecule has 0 saturated carbocycles. The predicted molar refractivity (Wildman–Crippen MR) is 87.4 cm³/mol. The van der Waals surface area contributed by atoms with Gasteiger partial charge in [-0.3, -0.25) is 0 Å². The molecule has 0 radical (unpaired) electrons. The van der Waals surface area contributed by atoms with E-state index in [-0.39, 0.29) is 11.3 Å². The van der Waals surface area contributed by atoms with E-state index in [4.69, 9.17) is 13.9 Å². The molecule has 0 bridgehead atoms. The number of para-hydroxylation sites is 1. The van der Waals surface area contributed by atoms with Crippen LogP contribution in [0.15, 0.2) is 45.6 Å². The van der Waals surface area contributed by atoms with Crippen molar-refractivity contribution in [1.29, 1.82) is 0 Å². The largest absolute Gasteiger partial charge is 0.506 e. The van der Waals surface area contributed by atoms with Crippen LogP contribution < -0.4 is 15.1 Å². The van der Waals surface area contributed by atoms with Crippen molar-refractivity contribution < 1.29 is 19.0 Å². The van der Waals surface area contributed by atoms with Crippen LogP contribution in [0.5, 0.6) is 17.2 Å². The van der Waals surface area contributed by atoms with Gasteiger partial charge in [-0.05, 0) is 36.2 Å². The van der Waals surface area contributed by atoms with Crippen molar-refractivity contribution in [2.24, 2.45) is 0 Å². The fourth-order valence-corrected chi connectivity index (χ4v) is 2.60. The van der Waals surface area contributed by atoms with Crippen LogP contribution in [0.1, 0.15) is 5.56 Å². The molecule has 0 amide bonds. The summed E-state index contributed by atoms with van der Waals surface area (Å²) in [6.07, 6.45) is 0. The lowest BCUT2D eigenvalue weighted by Crippen LogP contribution is -2.04. The van der Waals surface area contributed by atoms with E-state index in [0.717, 1.165) is 5.56 Å². The summed E-state index contributed by atoms with van der Waals surface area (Å²) in [4.78, 5) is 12.4. The quantitative estimate of drug-likeness (QED) is 0.750. The zero-order valence-electron chi connectivity index (χ0n) is 13.0. The first-order valence-corrected chi connectivity index (χ1v) is 7.04. The SMILES string of the molecule is COc1ccc(-c2c(O)c3cccc(C)c3oc2=O)cc1OC. The summed E-state index contributed by atoms with van der Waals surface area (Å²) in [5.41, 5.74) is 1.17. The van der Waals surface area contributed by atoms with Crippen molar-refractivity contribution in [3.8, 4) is 28.4 Å². The number of rotatable bonds is 3. The highest BCUT2D eigenvalue weighted by Crippen LogP contribution is 2.37. The van der Waals surface area contributed by atoms with Gasteiger partial charge in [0.1, 0.15) is 16.9 Å². The minimum absolute atomic E-state index is 0.101. The van der Waals surface area contributed by atoms with E-state index < -0.39 is 5.63 Å². The smallest absolute Gasteiger partial charge is 0.347 e. The Morgan fingerprint density at radius 3 is 2.48 bits per heavy atom. The first kappa shape index (κ1) is 15.0. The van der Waals surface area contributed by atoms with E-state index in [0.29, 0.717) is 28.0 Å². The summed E-state index contributed by atoms with van der Waals surface area (Å²) in [5.74, 6) is 0.900. The number of benzene rings is 2. The second kappa shape index (κ2) is 5.68. The molecule has 5 nitrogen and oxygen atoms in total. The lowest BCUT2D eigenvalue weighted by Gasteiger charge is -2.11. The Morgan fingerprint density at radius 2 is 1.78 bits per heavy atom. The topological polar surface area (TPSA) is 68.9 Å². The van der Waals surface area contributed by atoms with Crippen LogP contribution in [0, 0.1) is 6.92 Å². The average Bonchev–Trinajstić information content (AvgIpc) is 2.56. The van der Waals surface area contributed by atoms with Gasteiger partial charge in [0.2, 0.25) is 0 Å². The van der Waals surface area contributed by atoms with Gasteiger partial charge in [-0.15, -0.1) is 0 Å². The number of ether oxygens (including phenoxy) is 2. The zero-order valence-corrected chi connectivity index (χ0v) is 13.0. The molecule has 2 aromatic carbocycles. The molecular weight excluding hydrogens is 296 g/mol. The maximum absolute atomic E-state index is 12.4. The van der Waals surface area contributed by atoms with Crippen LogP contribution in [0.3, 0.4) is 0 Å². The summed E-state index contributed by atoms with van der Waals surface area (Å²) in [6.45, 7) is 1.82. The zero-order chi connectivity index (χ0) is 16.6. The fourth-order valence-electron chi connectivity index (χ4n) is 2.60. The van der Waals surface area contributed by atoms with E-state index in [1.807, 2.05) is 13.0 Å². The average molecular weight is 312 g/mol. The van der Waals surface area contributed by atoms with Crippen LogP contribution in [0.2, 0.25) is 0 Å². The third-order valence-corrected chi connectivity index (χ3v) is 3.77. The maximum Gasteiger partial charge on any atom is 0.347 e. The van der Waals surface area contributed by atoms with Crippen LogP contribution in [0.25, 0.3) is 22.1 Å². The molecule has 0 aliphatic rings. The highest BCUT2D eigenvalue weighted by Gasteiger charge is 2.18. The van der Waals surface area contributed by atoms with Crippen molar-refractivity contribution in [1.82, 2.24) is 0 Å². The van der Waals surface area contributed by atoms with Crippen LogP contribution in [-0.4, -0.2) is 19.3 Å². The molecule has 0 spiro atoms. The molecule has 118 valence electrons. The number of hydrogen-bond donors (Lipinski definition) is 1. The molecule has 0 atom stereocenters. The summed E-state index contributed by atoms with van der Waals surface area (Å²) >= 11 is 0. The van der Waals surface area contributed by atoms with Gasteiger partial charge in [0, 0.05) is 0 Å². The molecule has 0 saturated heterocycles. The number of methoxy groups -OCH3 is 2. The fraction of sp³-hybridized carbons (Fsp3) is 0.167. The second-order valence-electron chi connectivity index (χ2n) is 5.13. The van der Waals surface area contributed by atoms with Gasteiger partial charge in [-0.1, -0.05) is 18.2 Å². The third kappa shape index (κ3) is 2.40. The van der Waals surface area contributed by atoms with Crippen molar-refractivity contribution in [3.63, 3.8) is 0 Å². The van der Waals surface area contributed by atoms with Crippen molar-refractivity contribution >= 4 is 11.0 Å². The number of aryl methyl sites for hydroxylation is 1. The lowest BCUT2D eigenvalue weighted by molar-refractivity contribution is 0.355. The Morgan fingerprint density at radius 1 is 1.04 bits per heavy atom. The van der Waals surface area contributed by atoms with Crippen LogP contribution >= 0.6 is 0 Å². The highest BCUT2D eigenvalue weighted by molar-refractivity contribution is 5.91. The first-order valence-electron chi connectivity index (χ1n) is 7.04. The molecule has 0 aliphatic heterocycles. The van der Waals surface area contributed by atoms with Crippen molar-refractivity contribution in [3.05, 3.63) is 52.4 Å². The lowest BCUT2D eigenvalue weighted by atomic mass is 10.0. The molecule has 0 unspecified atom stereocenters. The molecular formula is C18H16O5. The Hall–Kier alpha value is -2.95. The number of hydrogen-bond acceptors (Lipinski definition) is 5. The van der Waals surface area contributed by atoms with Crippen molar-refractivity contribution in [2.45, 2.75) is 6.92 Å². The van der Waals surface area contributed by atoms with Gasteiger partial charge in [-0.25, -0.2) is 4.79 Å². The molecule has 1 aromatic heterocycles. The molecule has 3 aromatic rings. The minimum atomic E-state index is -0.600. The molecule has 5 heteroatoms.